The third-order valence-electron chi connectivity index (χ3n) is 5.02. The van der Waals surface area contributed by atoms with E-state index in [9.17, 15) is 10.2 Å². The van der Waals surface area contributed by atoms with E-state index in [-0.39, 0.29) is 11.8 Å². The van der Waals surface area contributed by atoms with Gasteiger partial charge in [-0.15, -0.1) is 0 Å². The lowest BCUT2D eigenvalue weighted by Gasteiger charge is -2.32. The van der Waals surface area contributed by atoms with E-state index in [2.05, 4.69) is 45.9 Å². The fourth-order valence-electron chi connectivity index (χ4n) is 3.14. The summed E-state index contributed by atoms with van der Waals surface area (Å²) in [5.41, 5.74) is 4.22. The van der Waals surface area contributed by atoms with E-state index in [1.807, 2.05) is 6.92 Å². The predicted octanol–water partition coefficient (Wildman–Crippen LogP) is 5.34. The number of aliphatic hydroxyl groups is 2. The summed E-state index contributed by atoms with van der Waals surface area (Å²) in [6.45, 7) is 10.7. The molecule has 1 rings (SSSR count). The molecule has 24 heavy (non-hydrogen) atoms. The van der Waals surface area contributed by atoms with Crippen molar-refractivity contribution in [1.82, 2.24) is 0 Å². The molecular formula is C22H36O2. The molecule has 0 saturated carbocycles. The van der Waals surface area contributed by atoms with E-state index < -0.39 is 12.2 Å². The maximum atomic E-state index is 10.1. The Kier molecular flexibility index (Phi) is 9.31. The van der Waals surface area contributed by atoms with Gasteiger partial charge < -0.3 is 10.2 Å². The summed E-state index contributed by atoms with van der Waals surface area (Å²) in [6.07, 6.45) is 14.7. The van der Waals surface area contributed by atoms with Gasteiger partial charge in [-0.3, -0.25) is 0 Å². The van der Waals surface area contributed by atoms with Crippen molar-refractivity contribution in [3.63, 3.8) is 0 Å². The van der Waals surface area contributed by atoms with Crippen molar-refractivity contribution < 1.29 is 10.2 Å². The molecule has 0 heterocycles. The van der Waals surface area contributed by atoms with Crippen LogP contribution in [0.15, 0.2) is 47.1 Å². The molecule has 136 valence electrons. The Hall–Kier alpha value is -1.12. The molecule has 4 unspecified atom stereocenters. The summed E-state index contributed by atoms with van der Waals surface area (Å²) in [5.74, 6) is 0.215. The highest BCUT2D eigenvalue weighted by atomic mass is 16.3. The summed E-state index contributed by atoms with van der Waals surface area (Å²) >= 11 is 0. The minimum Gasteiger partial charge on any atom is -0.389 e. The first-order valence-electron chi connectivity index (χ1n) is 9.30. The van der Waals surface area contributed by atoms with Crippen LogP contribution < -0.4 is 0 Å². The van der Waals surface area contributed by atoms with Crippen LogP contribution in [0.1, 0.15) is 66.7 Å². The molecule has 2 nitrogen and oxygen atoms in total. The van der Waals surface area contributed by atoms with Crippen molar-refractivity contribution in [2.75, 3.05) is 0 Å². The molecule has 0 aliphatic heterocycles. The first-order valence-corrected chi connectivity index (χ1v) is 9.30. The summed E-state index contributed by atoms with van der Waals surface area (Å²) in [5, 5.41) is 20.0. The zero-order chi connectivity index (χ0) is 18.1. The Morgan fingerprint density at radius 3 is 2.00 bits per heavy atom. The summed E-state index contributed by atoms with van der Waals surface area (Å²) in [7, 11) is 0. The molecule has 0 fully saturated rings. The van der Waals surface area contributed by atoms with Crippen LogP contribution in [0.2, 0.25) is 0 Å². The number of aliphatic hydroxyl groups excluding tert-OH is 2. The molecule has 0 aromatic carbocycles. The van der Waals surface area contributed by atoms with Gasteiger partial charge in [0.05, 0.1) is 12.2 Å². The Morgan fingerprint density at radius 2 is 1.38 bits per heavy atom. The Bertz CT molecular complexity index is 492. The SMILES string of the molecule is CC(C)=CCC/C(C)=C/CC/C(C)=C/CC1C(O)C=CC(O)C1C. The second-order valence-electron chi connectivity index (χ2n) is 7.58. The second-order valence-corrected chi connectivity index (χ2v) is 7.58. The smallest absolute Gasteiger partial charge is 0.0756 e. The van der Waals surface area contributed by atoms with Crippen LogP contribution in [-0.2, 0) is 0 Å². The predicted molar refractivity (Wildman–Crippen MR) is 104 cm³/mol. The van der Waals surface area contributed by atoms with Crippen molar-refractivity contribution in [2.45, 2.75) is 78.9 Å². The zero-order valence-corrected chi connectivity index (χ0v) is 16.1. The first kappa shape index (κ1) is 20.9. The molecular weight excluding hydrogens is 296 g/mol. The Labute approximate surface area is 148 Å². The molecule has 0 aromatic heterocycles. The summed E-state index contributed by atoms with van der Waals surface area (Å²) < 4.78 is 0. The van der Waals surface area contributed by atoms with Crippen LogP contribution in [0, 0.1) is 11.8 Å². The fraction of sp³-hybridized carbons (Fsp3) is 0.636. The second kappa shape index (κ2) is 10.7. The molecule has 2 N–H and O–H groups in total. The maximum Gasteiger partial charge on any atom is 0.0756 e. The lowest BCUT2D eigenvalue weighted by atomic mass is 9.78. The van der Waals surface area contributed by atoms with Crippen LogP contribution in [0.5, 0.6) is 0 Å². The van der Waals surface area contributed by atoms with Crippen LogP contribution in [0.3, 0.4) is 0 Å². The van der Waals surface area contributed by atoms with Gasteiger partial charge in [0, 0.05) is 0 Å². The van der Waals surface area contributed by atoms with Gasteiger partial charge in [-0.25, -0.2) is 0 Å². The highest BCUT2D eigenvalue weighted by Gasteiger charge is 2.30. The van der Waals surface area contributed by atoms with Crippen molar-refractivity contribution >= 4 is 0 Å². The van der Waals surface area contributed by atoms with Crippen molar-refractivity contribution in [2.24, 2.45) is 11.8 Å². The van der Waals surface area contributed by atoms with Crippen molar-refractivity contribution in [1.29, 1.82) is 0 Å². The molecule has 1 aliphatic rings. The molecule has 0 spiro atoms. The maximum absolute atomic E-state index is 10.1. The normalized spacial score (nSPS) is 28.1. The molecule has 2 heteroatoms. The van der Waals surface area contributed by atoms with Gasteiger partial charge >= 0.3 is 0 Å². The average Bonchev–Trinajstić information content (AvgIpc) is 2.50. The quantitative estimate of drug-likeness (QED) is 0.589. The van der Waals surface area contributed by atoms with Crippen LogP contribution >= 0.6 is 0 Å². The molecule has 0 aromatic rings. The van der Waals surface area contributed by atoms with Gasteiger partial charge in [0.2, 0.25) is 0 Å². The van der Waals surface area contributed by atoms with E-state index >= 15 is 0 Å². The number of hydrogen-bond acceptors (Lipinski definition) is 2. The van der Waals surface area contributed by atoms with Crippen molar-refractivity contribution in [3.05, 3.63) is 47.1 Å². The molecule has 0 amide bonds. The summed E-state index contributed by atoms with van der Waals surface area (Å²) in [4.78, 5) is 0. The Balaban J connectivity index is 2.39. The minimum absolute atomic E-state index is 0.103. The topological polar surface area (TPSA) is 40.5 Å². The lowest BCUT2D eigenvalue weighted by Crippen LogP contribution is -2.35. The van der Waals surface area contributed by atoms with Gasteiger partial charge in [0.25, 0.3) is 0 Å². The Morgan fingerprint density at radius 1 is 0.833 bits per heavy atom. The van der Waals surface area contributed by atoms with E-state index in [1.54, 1.807) is 12.2 Å². The fourth-order valence-corrected chi connectivity index (χ4v) is 3.14. The lowest BCUT2D eigenvalue weighted by molar-refractivity contribution is 0.0432. The zero-order valence-electron chi connectivity index (χ0n) is 16.1. The molecule has 1 aliphatic carbocycles. The highest BCUT2D eigenvalue weighted by molar-refractivity contribution is 5.09. The molecule has 0 bridgehead atoms. The van der Waals surface area contributed by atoms with Crippen LogP contribution in [0.4, 0.5) is 0 Å². The van der Waals surface area contributed by atoms with Crippen LogP contribution in [-0.4, -0.2) is 22.4 Å². The minimum atomic E-state index is -0.440. The van der Waals surface area contributed by atoms with E-state index in [0.29, 0.717) is 0 Å². The third-order valence-corrected chi connectivity index (χ3v) is 5.02. The third kappa shape index (κ3) is 7.63. The molecule has 0 radical (unpaired) electrons. The largest absolute Gasteiger partial charge is 0.389 e. The summed E-state index contributed by atoms with van der Waals surface area (Å²) in [6, 6.07) is 0. The standard InChI is InChI=1S/C22H36O2/c1-16(2)8-6-9-17(3)10-7-11-18(4)12-13-20-19(5)21(23)14-15-22(20)24/h8,10,12,14-15,19-24H,6-7,9,11,13H2,1-5H3/b17-10+,18-12+. The van der Waals surface area contributed by atoms with E-state index in [0.717, 1.165) is 32.1 Å². The van der Waals surface area contributed by atoms with E-state index in [1.165, 1.54) is 16.7 Å². The average molecular weight is 333 g/mol. The number of allylic oxidation sites excluding steroid dienone is 6. The molecule has 0 saturated heterocycles. The number of hydrogen-bond donors (Lipinski definition) is 2. The van der Waals surface area contributed by atoms with Gasteiger partial charge in [-0.2, -0.15) is 0 Å². The monoisotopic (exact) mass is 332 g/mol. The first-order chi connectivity index (χ1) is 11.3. The number of rotatable bonds is 8. The van der Waals surface area contributed by atoms with E-state index in [4.69, 9.17) is 0 Å². The van der Waals surface area contributed by atoms with Gasteiger partial charge in [-0.1, -0.05) is 54.0 Å². The van der Waals surface area contributed by atoms with Gasteiger partial charge in [0.1, 0.15) is 0 Å². The van der Waals surface area contributed by atoms with Gasteiger partial charge in [0.15, 0.2) is 0 Å². The van der Waals surface area contributed by atoms with Gasteiger partial charge in [-0.05, 0) is 71.6 Å². The van der Waals surface area contributed by atoms with Crippen LogP contribution in [0.25, 0.3) is 0 Å². The molecule has 4 atom stereocenters. The highest BCUT2D eigenvalue weighted by Crippen LogP contribution is 2.29. The van der Waals surface area contributed by atoms with Crippen molar-refractivity contribution in [3.8, 4) is 0 Å².